The molecule has 0 radical (unpaired) electrons. The molecule has 1 aromatic rings. The highest BCUT2D eigenvalue weighted by Gasteiger charge is 2.19. The fourth-order valence-electron chi connectivity index (χ4n) is 2.00. The van der Waals surface area contributed by atoms with E-state index in [1.165, 1.54) is 25.3 Å². The van der Waals surface area contributed by atoms with Crippen LogP contribution in [0.15, 0.2) is 18.2 Å². The zero-order valence-corrected chi connectivity index (χ0v) is 9.41. The monoisotopic (exact) mass is 218 g/mol. The van der Waals surface area contributed by atoms with Crippen LogP contribution in [0.3, 0.4) is 0 Å². The van der Waals surface area contributed by atoms with E-state index < -0.39 is 5.82 Å². The van der Waals surface area contributed by atoms with Crippen molar-refractivity contribution in [1.82, 2.24) is 0 Å². The van der Waals surface area contributed by atoms with Gasteiger partial charge in [-0.1, -0.05) is 6.42 Å². The number of halogens is 1. The van der Waals surface area contributed by atoms with Gasteiger partial charge in [0.2, 0.25) is 0 Å². The molecule has 1 saturated carbocycles. The second kappa shape index (κ2) is 4.52. The van der Waals surface area contributed by atoms with Gasteiger partial charge in [-0.2, -0.15) is 5.26 Å². The van der Waals surface area contributed by atoms with E-state index >= 15 is 0 Å². The molecule has 1 aromatic carbocycles. The summed E-state index contributed by atoms with van der Waals surface area (Å²) in [5, 5.41) is 8.64. The van der Waals surface area contributed by atoms with Gasteiger partial charge in [0.05, 0.1) is 5.56 Å². The first-order valence-corrected chi connectivity index (χ1v) is 5.61. The quantitative estimate of drug-likeness (QED) is 0.780. The Hall–Kier alpha value is -1.56. The van der Waals surface area contributed by atoms with Gasteiger partial charge in [-0.3, -0.25) is 0 Å². The molecule has 2 nitrogen and oxygen atoms in total. The molecule has 1 aliphatic carbocycles. The van der Waals surface area contributed by atoms with E-state index in [2.05, 4.69) is 4.90 Å². The molecular formula is C13H15FN2. The molecule has 0 amide bonds. The van der Waals surface area contributed by atoms with Gasteiger partial charge in [-0.15, -0.1) is 0 Å². The lowest BCUT2D eigenvalue weighted by molar-refractivity contribution is 0.321. The van der Waals surface area contributed by atoms with Crippen LogP contribution in [0.4, 0.5) is 10.1 Å². The maximum Gasteiger partial charge on any atom is 0.143 e. The summed E-state index contributed by atoms with van der Waals surface area (Å²) in [7, 11) is 1.97. The van der Waals surface area contributed by atoms with Crippen molar-refractivity contribution in [2.75, 3.05) is 18.5 Å². The Morgan fingerprint density at radius 1 is 1.50 bits per heavy atom. The average molecular weight is 218 g/mol. The third kappa shape index (κ3) is 2.16. The van der Waals surface area contributed by atoms with Crippen molar-refractivity contribution in [3.05, 3.63) is 29.6 Å². The summed E-state index contributed by atoms with van der Waals surface area (Å²) in [5.74, 6) is 0.323. The van der Waals surface area contributed by atoms with Gasteiger partial charge in [0.1, 0.15) is 11.9 Å². The molecule has 2 rings (SSSR count). The van der Waals surface area contributed by atoms with Gasteiger partial charge in [-0.05, 0) is 37.0 Å². The standard InChI is InChI=1S/C13H15FN2/c1-16(9-10-3-2-4-10)12-6-5-11(8-15)13(14)7-12/h5-7,10H,2-4,9H2,1H3. The summed E-state index contributed by atoms with van der Waals surface area (Å²) in [5.41, 5.74) is 0.962. The van der Waals surface area contributed by atoms with Crippen molar-refractivity contribution in [1.29, 1.82) is 5.26 Å². The zero-order valence-electron chi connectivity index (χ0n) is 9.41. The smallest absolute Gasteiger partial charge is 0.143 e. The molecule has 84 valence electrons. The number of nitrogens with zero attached hydrogens (tertiary/aromatic N) is 2. The summed E-state index contributed by atoms with van der Waals surface area (Å²) in [4.78, 5) is 2.06. The molecule has 3 heteroatoms. The van der Waals surface area contributed by atoms with Crippen molar-refractivity contribution < 1.29 is 4.39 Å². The van der Waals surface area contributed by atoms with Crippen LogP contribution in [0.1, 0.15) is 24.8 Å². The molecule has 0 spiro atoms. The number of benzene rings is 1. The fraction of sp³-hybridized carbons (Fsp3) is 0.462. The van der Waals surface area contributed by atoms with Crippen LogP contribution in [-0.4, -0.2) is 13.6 Å². The molecule has 0 bridgehead atoms. The zero-order chi connectivity index (χ0) is 11.5. The second-order valence-electron chi connectivity index (χ2n) is 4.45. The Bertz CT molecular complexity index is 418. The topological polar surface area (TPSA) is 27.0 Å². The van der Waals surface area contributed by atoms with E-state index in [-0.39, 0.29) is 5.56 Å². The molecule has 1 aliphatic rings. The van der Waals surface area contributed by atoms with E-state index in [1.807, 2.05) is 13.1 Å². The van der Waals surface area contributed by atoms with Crippen LogP contribution in [0.5, 0.6) is 0 Å². The molecule has 0 N–H and O–H groups in total. The van der Waals surface area contributed by atoms with Crippen LogP contribution >= 0.6 is 0 Å². The predicted molar refractivity (Wildman–Crippen MR) is 61.7 cm³/mol. The molecule has 0 unspecified atom stereocenters. The summed E-state index contributed by atoms with van der Waals surface area (Å²) in [6, 6.07) is 6.62. The van der Waals surface area contributed by atoms with E-state index in [0.29, 0.717) is 0 Å². The minimum Gasteiger partial charge on any atom is -0.374 e. The maximum absolute atomic E-state index is 13.4. The van der Waals surface area contributed by atoms with Crippen molar-refractivity contribution in [2.24, 2.45) is 5.92 Å². The number of hydrogen-bond donors (Lipinski definition) is 0. The van der Waals surface area contributed by atoms with E-state index in [4.69, 9.17) is 5.26 Å². The summed E-state index contributed by atoms with van der Waals surface area (Å²) in [6.45, 7) is 0.978. The van der Waals surface area contributed by atoms with Crippen LogP contribution in [0.2, 0.25) is 0 Å². The van der Waals surface area contributed by atoms with Gasteiger partial charge < -0.3 is 4.90 Å². The van der Waals surface area contributed by atoms with Crippen LogP contribution in [0, 0.1) is 23.1 Å². The Morgan fingerprint density at radius 2 is 2.25 bits per heavy atom. The largest absolute Gasteiger partial charge is 0.374 e. The van der Waals surface area contributed by atoms with Crippen molar-refractivity contribution >= 4 is 5.69 Å². The highest BCUT2D eigenvalue weighted by molar-refractivity contribution is 5.49. The number of nitriles is 1. The van der Waals surface area contributed by atoms with Gasteiger partial charge in [0.25, 0.3) is 0 Å². The molecule has 1 fully saturated rings. The summed E-state index contributed by atoms with van der Waals surface area (Å²) in [6.07, 6.45) is 3.88. The Kier molecular flexibility index (Phi) is 3.09. The van der Waals surface area contributed by atoms with Crippen LogP contribution in [0.25, 0.3) is 0 Å². The second-order valence-corrected chi connectivity index (χ2v) is 4.45. The third-order valence-electron chi connectivity index (χ3n) is 3.27. The molecule has 0 saturated heterocycles. The Labute approximate surface area is 95.3 Å². The molecular weight excluding hydrogens is 203 g/mol. The maximum atomic E-state index is 13.4. The fourth-order valence-corrected chi connectivity index (χ4v) is 2.00. The summed E-state index contributed by atoms with van der Waals surface area (Å²) < 4.78 is 13.4. The highest BCUT2D eigenvalue weighted by atomic mass is 19.1. The molecule has 0 heterocycles. The lowest BCUT2D eigenvalue weighted by Gasteiger charge is -2.31. The molecule has 16 heavy (non-hydrogen) atoms. The van der Waals surface area contributed by atoms with E-state index in [9.17, 15) is 4.39 Å². The highest BCUT2D eigenvalue weighted by Crippen LogP contribution is 2.28. The van der Waals surface area contributed by atoms with Crippen molar-refractivity contribution in [3.8, 4) is 6.07 Å². The van der Waals surface area contributed by atoms with Gasteiger partial charge in [0.15, 0.2) is 0 Å². The van der Waals surface area contributed by atoms with Crippen LogP contribution in [-0.2, 0) is 0 Å². The first-order valence-electron chi connectivity index (χ1n) is 5.61. The van der Waals surface area contributed by atoms with Gasteiger partial charge in [0, 0.05) is 19.3 Å². The third-order valence-corrected chi connectivity index (χ3v) is 3.27. The first-order chi connectivity index (χ1) is 7.70. The number of hydrogen-bond acceptors (Lipinski definition) is 2. The van der Waals surface area contributed by atoms with Gasteiger partial charge in [-0.25, -0.2) is 4.39 Å². The van der Waals surface area contributed by atoms with Crippen molar-refractivity contribution in [2.45, 2.75) is 19.3 Å². The van der Waals surface area contributed by atoms with Crippen molar-refractivity contribution in [3.63, 3.8) is 0 Å². The number of anilines is 1. The lowest BCUT2D eigenvalue weighted by atomic mass is 9.85. The first kappa shape index (κ1) is 10.9. The van der Waals surface area contributed by atoms with Crippen LogP contribution < -0.4 is 4.90 Å². The van der Waals surface area contributed by atoms with Gasteiger partial charge >= 0.3 is 0 Å². The number of rotatable bonds is 3. The predicted octanol–water partition coefficient (Wildman–Crippen LogP) is 2.93. The molecule has 0 aromatic heterocycles. The SMILES string of the molecule is CN(CC1CCC1)c1ccc(C#N)c(F)c1. The summed E-state index contributed by atoms with van der Waals surface area (Å²) >= 11 is 0. The van der Waals surface area contributed by atoms with E-state index in [1.54, 1.807) is 12.1 Å². The molecule has 0 aliphatic heterocycles. The normalized spacial score (nSPS) is 15.3. The molecule has 0 atom stereocenters. The Morgan fingerprint density at radius 3 is 2.75 bits per heavy atom. The minimum absolute atomic E-state index is 0.112. The average Bonchev–Trinajstić information content (AvgIpc) is 2.23. The lowest BCUT2D eigenvalue weighted by Crippen LogP contribution is -2.29. The Balaban J connectivity index is 2.08. The van der Waals surface area contributed by atoms with E-state index in [0.717, 1.165) is 18.2 Å². The minimum atomic E-state index is -0.430.